The highest BCUT2D eigenvalue weighted by molar-refractivity contribution is 5.94. The molecule has 7 nitrogen and oxygen atoms in total. The van der Waals surface area contributed by atoms with E-state index < -0.39 is 17.7 Å². The number of carbonyl (C=O) groups is 1. The van der Waals surface area contributed by atoms with Crippen LogP contribution in [-0.2, 0) is 15.1 Å². The van der Waals surface area contributed by atoms with E-state index in [-0.39, 0.29) is 17.7 Å². The number of hydrogen-bond acceptors (Lipinski definition) is 6. The molecule has 3 rings (SSSR count). The second-order valence-electron chi connectivity index (χ2n) is 6.27. The Bertz CT molecular complexity index is 684. The number of hydrogen-bond donors (Lipinski definition) is 1. The minimum absolute atomic E-state index is 0.127. The van der Waals surface area contributed by atoms with Crippen LogP contribution >= 0.6 is 0 Å². The van der Waals surface area contributed by atoms with Crippen molar-refractivity contribution in [1.82, 2.24) is 10.2 Å². The Morgan fingerprint density at radius 3 is 2.67 bits per heavy atom. The van der Waals surface area contributed by atoms with Crippen molar-refractivity contribution in [2.75, 3.05) is 52.6 Å². The van der Waals surface area contributed by atoms with Gasteiger partial charge in [0, 0.05) is 37.3 Å². The third-order valence-electron chi connectivity index (χ3n) is 4.41. The van der Waals surface area contributed by atoms with Crippen LogP contribution in [0.1, 0.15) is 15.9 Å². The van der Waals surface area contributed by atoms with E-state index in [0.717, 1.165) is 32.8 Å². The highest BCUT2D eigenvalue weighted by Gasteiger charge is 2.65. The van der Waals surface area contributed by atoms with Gasteiger partial charge in [0.25, 0.3) is 5.91 Å². The summed E-state index contributed by atoms with van der Waals surface area (Å²) in [5.74, 6) is -0.466. The number of nitrogens with zero attached hydrogens (tertiary/aromatic N) is 3. The van der Waals surface area contributed by atoms with E-state index in [0.29, 0.717) is 13.2 Å². The molecule has 0 radical (unpaired) electrons. The number of rotatable bonds is 8. The van der Waals surface area contributed by atoms with Crippen LogP contribution in [-0.4, -0.2) is 69.6 Å². The third kappa shape index (κ3) is 4.82. The molecular formula is C17H21F3N4O3. The molecule has 1 aromatic rings. The smallest absolute Gasteiger partial charge is 0.379 e. The Balaban J connectivity index is 1.40. The van der Waals surface area contributed by atoms with Crippen molar-refractivity contribution < 1.29 is 27.4 Å². The standard InChI is InChI=1S/C17H21F3N4O3/c18-17(19,20)16(22-23-16)14-3-1-2-13(12-14)15(25)21-4-8-26-9-5-24-6-10-27-11-7-24/h1-3,12H,4-11H2,(H,21,25). The molecule has 0 saturated carbocycles. The van der Waals surface area contributed by atoms with Crippen molar-refractivity contribution in [2.24, 2.45) is 10.2 Å². The maximum absolute atomic E-state index is 13.1. The molecule has 0 unspecified atom stereocenters. The summed E-state index contributed by atoms with van der Waals surface area (Å²) in [5, 5.41) is 8.93. The summed E-state index contributed by atoms with van der Waals surface area (Å²) in [5.41, 5.74) is -2.56. The van der Waals surface area contributed by atoms with Gasteiger partial charge in [0.1, 0.15) is 0 Å². The zero-order chi connectivity index (χ0) is 19.3. The molecule has 27 heavy (non-hydrogen) atoms. The molecule has 1 amide bonds. The first-order valence-corrected chi connectivity index (χ1v) is 8.70. The quantitative estimate of drug-likeness (QED) is 0.693. The summed E-state index contributed by atoms with van der Waals surface area (Å²) < 4.78 is 49.9. The summed E-state index contributed by atoms with van der Waals surface area (Å²) in [4.78, 5) is 14.4. The molecule has 2 aliphatic rings. The zero-order valence-corrected chi connectivity index (χ0v) is 14.7. The van der Waals surface area contributed by atoms with E-state index in [1.54, 1.807) is 0 Å². The topological polar surface area (TPSA) is 75.5 Å². The second-order valence-corrected chi connectivity index (χ2v) is 6.27. The Hall–Kier alpha value is -2.04. The van der Waals surface area contributed by atoms with Crippen molar-refractivity contribution in [3.05, 3.63) is 35.4 Å². The minimum atomic E-state index is -4.61. The van der Waals surface area contributed by atoms with Gasteiger partial charge in [0.05, 0.1) is 26.4 Å². The van der Waals surface area contributed by atoms with Crippen LogP contribution in [0.5, 0.6) is 0 Å². The number of morpholine rings is 1. The summed E-state index contributed by atoms with van der Waals surface area (Å²) in [6.45, 7) is 5.16. The predicted molar refractivity (Wildman–Crippen MR) is 89.4 cm³/mol. The van der Waals surface area contributed by atoms with Gasteiger partial charge < -0.3 is 14.8 Å². The number of alkyl halides is 3. The summed E-state index contributed by atoms with van der Waals surface area (Å²) in [7, 11) is 0. The number of amides is 1. The van der Waals surface area contributed by atoms with E-state index in [9.17, 15) is 18.0 Å². The molecule has 1 saturated heterocycles. The lowest BCUT2D eigenvalue weighted by molar-refractivity contribution is -0.166. The summed E-state index contributed by atoms with van der Waals surface area (Å²) in [6.07, 6.45) is -4.61. The number of benzene rings is 1. The molecule has 2 heterocycles. The normalized spacial score (nSPS) is 19.1. The van der Waals surface area contributed by atoms with Crippen molar-refractivity contribution >= 4 is 5.91 Å². The lowest BCUT2D eigenvalue weighted by Gasteiger charge is -2.26. The molecule has 0 atom stereocenters. The second kappa shape index (κ2) is 8.32. The number of ether oxygens (including phenoxy) is 2. The van der Waals surface area contributed by atoms with E-state index in [1.165, 1.54) is 24.3 Å². The van der Waals surface area contributed by atoms with Crippen LogP contribution < -0.4 is 5.32 Å². The van der Waals surface area contributed by atoms with Gasteiger partial charge in [0.15, 0.2) is 0 Å². The van der Waals surface area contributed by atoms with Crippen molar-refractivity contribution in [2.45, 2.75) is 11.8 Å². The van der Waals surface area contributed by atoms with Gasteiger partial charge in [-0.1, -0.05) is 12.1 Å². The highest BCUT2D eigenvalue weighted by atomic mass is 19.4. The van der Waals surface area contributed by atoms with E-state index in [2.05, 4.69) is 20.4 Å². The largest absolute Gasteiger partial charge is 0.442 e. The first kappa shape index (κ1) is 19.7. The van der Waals surface area contributed by atoms with Gasteiger partial charge in [0.2, 0.25) is 0 Å². The van der Waals surface area contributed by atoms with Crippen LogP contribution in [0, 0.1) is 0 Å². The third-order valence-corrected chi connectivity index (χ3v) is 4.41. The maximum Gasteiger partial charge on any atom is 0.442 e. The Kier molecular flexibility index (Phi) is 6.08. The Morgan fingerprint density at radius 1 is 1.26 bits per heavy atom. The fourth-order valence-corrected chi connectivity index (χ4v) is 2.78. The fraction of sp³-hybridized carbons (Fsp3) is 0.588. The van der Waals surface area contributed by atoms with Gasteiger partial charge in [-0.05, 0) is 12.1 Å². The molecule has 0 spiro atoms. The van der Waals surface area contributed by atoms with Crippen LogP contribution in [0.15, 0.2) is 34.5 Å². The highest BCUT2D eigenvalue weighted by Crippen LogP contribution is 2.52. The first-order valence-electron chi connectivity index (χ1n) is 8.70. The molecule has 1 fully saturated rings. The number of halogens is 3. The average Bonchev–Trinajstić information content (AvgIpc) is 3.47. The monoisotopic (exact) mass is 386 g/mol. The van der Waals surface area contributed by atoms with Crippen LogP contribution in [0.25, 0.3) is 0 Å². The van der Waals surface area contributed by atoms with Crippen molar-refractivity contribution in [3.8, 4) is 0 Å². The number of carbonyl (C=O) groups excluding carboxylic acids is 1. The lowest BCUT2D eigenvalue weighted by atomic mass is 10.0. The minimum Gasteiger partial charge on any atom is -0.379 e. The number of nitrogens with one attached hydrogen (secondary N) is 1. The predicted octanol–water partition coefficient (Wildman–Crippen LogP) is 1.95. The van der Waals surface area contributed by atoms with Crippen LogP contribution in [0.2, 0.25) is 0 Å². The Labute approximate surface area is 154 Å². The van der Waals surface area contributed by atoms with Gasteiger partial charge in [-0.25, -0.2) is 0 Å². The first-order chi connectivity index (χ1) is 12.9. The van der Waals surface area contributed by atoms with Gasteiger partial charge in [-0.15, -0.1) is 10.2 Å². The zero-order valence-electron chi connectivity index (χ0n) is 14.7. The molecule has 0 bridgehead atoms. The SMILES string of the molecule is O=C(NCCOCCN1CCOCC1)c1cccc(C2(C(F)(F)F)N=N2)c1. The summed E-state index contributed by atoms with van der Waals surface area (Å²) >= 11 is 0. The summed E-state index contributed by atoms with van der Waals surface area (Å²) in [6, 6.07) is 5.27. The molecular weight excluding hydrogens is 365 g/mol. The molecule has 1 aromatic carbocycles. The molecule has 2 aliphatic heterocycles. The molecule has 1 N–H and O–H groups in total. The fourth-order valence-electron chi connectivity index (χ4n) is 2.78. The van der Waals surface area contributed by atoms with Crippen molar-refractivity contribution in [1.29, 1.82) is 0 Å². The average molecular weight is 386 g/mol. The van der Waals surface area contributed by atoms with E-state index in [4.69, 9.17) is 9.47 Å². The molecule has 148 valence electrons. The van der Waals surface area contributed by atoms with Crippen LogP contribution in [0.4, 0.5) is 13.2 Å². The molecule has 0 aromatic heterocycles. The maximum atomic E-state index is 13.1. The lowest BCUT2D eigenvalue weighted by Crippen LogP contribution is -2.38. The molecule has 0 aliphatic carbocycles. The van der Waals surface area contributed by atoms with Gasteiger partial charge >= 0.3 is 11.8 Å². The van der Waals surface area contributed by atoms with Crippen LogP contribution in [0.3, 0.4) is 0 Å². The Morgan fingerprint density at radius 2 is 2.00 bits per heavy atom. The van der Waals surface area contributed by atoms with Crippen molar-refractivity contribution in [3.63, 3.8) is 0 Å². The van der Waals surface area contributed by atoms with Gasteiger partial charge in [-0.3, -0.25) is 9.69 Å². The van der Waals surface area contributed by atoms with Gasteiger partial charge in [-0.2, -0.15) is 13.2 Å². The van der Waals surface area contributed by atoms with E-state index in [1.807, 2.05) is 0 Å². The van der Waals surface area contributed by atoms with E-state index >= 15 is 0 Å². The molecule has 10 heteroatoms.